The minimum Gasteiger partial charge on any atom is -0.496 e. The molecule has 0 heterocycles. The van der Waals surface area contributed by atoms with E-state index in [4.69, 9.17) is 16.3 Å². The van der Waals surface area contributed by atoms with Crippen molar-refractivity contribution in [3.8, 4) is 5.75 Å². The Balaban J connectivity index is 3.02. The number of benzene rings is 1. The quantitative estimate of drug-likeness (QED) is 0.880. The van der Waals surface area contributed by atoms with Gasteiger partial charge in [0.25, 0.3) is 5.91 Å². The van der Waals surface area contributed by atoms with Gasteiger partial charge in [0.05, 0.1) is 12.7 Å². The summed E-state index contributed by atoms with van der Waals surface area (Å²) in [6, 6.07) is 3.41. The number of amides is 1. The lowest BCUT2D eigenvalue weighted by Gasteiger charge is -2.10. The first-order valence-corrected chi connectivity index (χ1v) is 5.60. The first-order chi connectivity index (χ1) is 7.60. The Morgan fingerprint density at radius 2 is 2.19 bits per heavy atom. The van der Waals surface area contributed by atoms with Crippen LogP contribution in [0.15, 0.2) is 12.1 Å². The highest BCUT2D eigenvalue weighted by atomic mass is 35.5. The maximum Gasteiger partial charge on any atom is 0.255 e. The fourth-order valence-electron chi connectivity index (χ4n) is 1.34. The van der Waals surface area contributed by atoms with Crippen LogP contribution in [0.5, 0.6) is 5.75 Å². The molecule has 0 radical (unpaired) electrons. The summed E-state index contributed by atoms with van der Waals surface area (Å²) < 4.78 is 5.16. The predicted molar refractivity (Wildman–Crippen MR) is 65.4 cm³/mol. The SMILES string of the molecule is CCCNC(=O)c1cc(Cl)c(C)cc1OC. The number of carbonyl (C=O) groups excluding carboxylic acids is 1. The molecule has 0 atom stereocenters. The van der Waals surface area contributed by atoms with Crippen molar-refractivity contribution >= 4 is 17.5 Å². The topological polar surface area (TPSA) is 38.3 Å². The highest BCUT2D eigenvalue weighted by molar-refractivity contribution is 6.31. The summed E-state index contributed by atoms with van der Waals surface area (Å²) >= 11 is 5.99. The van der Waals surface area contributed by atoms with E-state index in [9.17, 15) is 4.79 Å². The molecular formula is C12H16ClNO2. The Hall–Kier alpha value is -1.22. The molecule has 0 saturated heterocycles. The molecule has 1 rings (SSSR count). The Morgan fingerprint density at radius 1 is 1.50 bits per heavy atom. The lowest BCUT2D eigenvalue weighted by molar-refractivity contribution is 0.0950. The zero-order chi connectivity index (χ0) is 12.1. The highest BCUT2D eigenvalue weighted by Crippen LogP contribution is 2.26. The average molecular weight is 242 g/mol. The van der Waals surface area contributed by atoms with Gasteiger partial charge < -0.3 is 10.1 Å². The number of halogens is 1. The second-order valence-electron chi connectivity index (χ2n) is 3.56. The number of aryl methyl sites for hydroxylation is 1. The van der Waals surface area contributed by atoms with Crippen molar-refractivity contribution in [2.24, 2.45) is 0 Å². The van der Waals surface area contributed by atoms with Gasteiger partial charge in [0.2, 0.25) is 0 Å². The first-order valence-electron chi connectivity index (χ1n) is 5.22. The van der Waals surface area contributed by atoms with E-state index in [1.54, 1.807) is 19.2 Å². The van der Waals surface area contributed by atoms with Crippen molar-refractivity contribution in [2.75, 3.05) is 13.7 Å². The third kappa shape index (κ3) is 2.89. The average Bonchev–Trinajstić information content (AvgIpc) is 2.28. The summed E-state index contributed by atoms with van der Waals surface area (Å²) in [5.41, 5.74) is 1.37. The van der Waals surface area contributed by atoms with Crippen LogP contribution in [0, 0.1) is 6.92 Å². The second-order valence-corrected chi connectivity index (χ2v) is 3.96. The lowest BCUT2D eigenvalue weighted by atomic mass is 10.1. The molecule has 0 spiro atoms. The molecule has 0 aliphatic rings. The molecule has 1 amide bonds. The molecule has 0 unspecified atom stereocenters. The number of nitrogens with one attached hydrogen (secondary N) is 1. The van der Waals surface area contributed by atoms with Gasteiger partial charge in [-0.2, -0.15) is 0 Å². The van der Waals surface area contributed by atoms with E-state index in [-0.39, 0.29) is 5.91 Å². The molecule has 0 fully saturated rings. The number of carbonyl (C=O) groups is 1. The van der Waals surface area contributed by atoms with Crippen LogP contribution >= 0.6 is 11.6 Å². The molecule has 4 heteroatoms. The van der Waals surface area contributed by atoms with Crippen LogP contribution in [0.25, 0.3) is 0 Å². The summed E-state index contributed by atoms with van der Waals surface area (Å²) in [4.78, 5) is 11.8. The van der Waals surface area contributed by atoms with Crippen LogP contribution in [0.1, 0.15) is 29.3 Å². The third-order valence-electron chi connectivity index (χ3n) is 2.26. The van der Waals surface area contributed by atoms with Crippen LogP contribution in [0.2, 0.25) is 5.02 Å². The monoisotopic (exact) mass is 241 g/mol. The van der Waals surface area contributed by atoms with Crippen LogP contribution in [0.4, 0.5) is 0 Å². The van der Waals surface area contributed by atoms with Crippen molar-refractivity contribution in [2.45, 2.75) is 20.3 Å². The maximum atomic E-state index is 11.8. The van der Waals surface area contributed by atoms with E-state index >= 15 is 0 Å². The third-order valence-corrected chi connectivity index (χ3v) is 2.67. The number of rotatable bonds is 4. The summed E-state index contributed by atoms with van der Waals surface area (Å²) in [6.45, 7) is 4.52. The molecule has 0 aromatic heterocycles. The smallest absolute Gasteiger partial charge is 0.255 e. The summed E-state index contributed by atoms with van der Waals surface area (Å²) in [7, 11) is 1.54. The van der Waals surface area contributed by atoms with Gasteiger partial charge in [-0.1, -0.05) is 18.5 Å². The standard InChI is InChI=1S/C12H16ClNO2/c1-4-5-14-12(15)9-7-10(13)8(2)6-11(9)16-3/h6-7H,4-5H2,1-3H3,(H,14,15). The van der Waals surface area contributed by atoms with Gasteiger partial charge in [-0.25, -0.2) is 0 Å². The molecule has 1 N–H and O–H groups in total. The van der Waals surface area contributed by atoms with E-state index in [0.29, 0.717) is 22.9 Å². The molecule has 16 heavy (non-hydrogen) atoms. The van der Waals surface area contributed by atoms with Crippen LogP contribution in [-0.4, -0.2) is 19.6 Å². The van der Waals surface area contributed by atoms with Crippen LogP contribution in [0.3, 0.4) is 0 Å². The van der Waals surface area contributed by atoms with Crippen molar-refractivity contribution < 1.29 is 9.53 Å². The largest absolute Gasteiger partial charge is 0.496 e. The highest BCUT2D eigenvalue weighted by Gasteiger charge is 2.13. The normalized spacial score (nSPS) is 10.0. The lowest BCUT2D eigenvalue weighted by Crippen LogP contribution is -2.24. The van der Waals surface area contributed by atoms with Gasteiger partial charge in [0.15, 0.2) is 0 Å². The molecule has 88 valence electrons. The van der Waals surface area contributed by atoms with E-state index in [0.717, 1.165) is 12.0 Å². The Kier molecular flexibility index (Phi) is 4.62. The minimum atomic E-state index is -0.152. The van der Waals surface area contributed by atoms with Crippen molar-refractivity contribution in [1.29, 1.82) is 0 Å². The van der Waals surface area contributed by atoms with E-state index < -0.39 is 0 Å². The molecule has 0 saturated carbocycles. The maximum absolute atomic E-state index is 11.8. The Labute approximate surface area is 101 Å². The van der Waals surface area contributed by atoms with Gasteiger partial charge >= 0.3 is 0 Å². The van der Waals surface area contributed by atoms with Gasteiger partial charge in [-0.3, -0.25) is 4.79 Å². The molecule has 0 aliphatic carbocycles. The van der Waals surface area contributed by atoms with E-state index in [1.165, 1.54) is 0 Å². The number of methoxy groups -OCH3 is 1. The molecule has 1 aromatic rings. The van der Waals surface area contributed by atoms with Crippen molar-refractivity contribution in [3.05, 3.63) is 28.3 Å². The molecule has 0 bridgehead atoms. The molecular weight excluding hydrogens is 226 g/mol. The zero-order valence-corrected chi connectivity index (χ0v) is 10.5. The fourth-order valence-corrected chi connectivity index (χ4v) is 1.50. The van der Waals surface area contributed by atoms with Crippen molar-refractivity contribution in [1.82, 2.24) is 5.32 Å². The Bertz CT molecular complexity index is 391. The van der Waals surface area contributed by atoms with Crippen LogP contribution < -0.4 is 10.1 Å². The van der Waals surface area contributed by atoms with Crippen molar-refractivity contribution in [3.63, 3.8) is 0 Å². The van der Waals surface area contributed by atoms with E-state index in [1.807, 2.05) is 13.8 Å². The second kappa shape index (κ2) is 5.75. The Morgan fingerprint density at radius 3 is 2.75 bits per heavy atom. The predicted octanol–water partition coefficient (Wildman–Crippen LogP) is 2.80. The molecule has 3 nitrogen and oxygen atoms in total. The van der Waals surface area contributed by atoms with Gasteiger partial charge in [-0.05, 0) is 31.0 Å². The number of ether oxygens (including phenoxy) is 1. The van der Waals surface area contributed by atoms with Gasteiger partial charge in [0.1, 0.15) is 5.75 Å². The zero-order valence-electron chi connectivity index (χ0n) is 9.76. The number of hydrogen-bond acceptors (Lipinski definition) is 2. The minimum absolute atomic E-state index is 0.152. The number of hydrogen-bond donors (Lipinski definition) is 1. The summed E-state index contributed by atoms with van der Waals surface area (Å²) in [5.74, 6) is 0.399. The van der Waals surface area contributed by atoms with Gasteiger partial charge in [0, 0.05) is 11.6 Å². The first kappa shape index (κ1) is 12.8. The molecule has 1 aromatic carbocycles. The molecule has 0 aliphatic heterocycles. The van der Waals surface area contributed by atoms with Gasteiger partial charge in [-0.15, -0.1) is 0 Å². The summed E-state index contributed by atoms with van der Waals surface area (Å²) in [5, 5.41) is 3.36. The fraction of sp³-hybridized carbons (Fsp3) is 0.417. The van der Waals surface area contributed by atoms with Crippen LogP contribution in [-0.2, 0) is 0 Å². The summed E-state index contributed by atoms with van der Waals surface area (Å²) in [6.07, 6.45) is 0.896. The van der Waals surface area contributed by atoms with E-state index in [2.05, 4.69) is 5.32 Å².